The molecule has 1 aliphatic rings. The Balaban J connectivity index is 1.80. The second-order valence-corrected chi connectivity index (χ2v) is 9.86. The van der Waals surface area contributed by atoms with Gasteiger partial charge in [0.2, 0.25) is 0 Å². The van der Waals surface area contributed by atoms with E-state index in [4.69, 9.17) is 14.2 Å². The molecular weight excluding hydrogens is 476 g/mol. The molecule has 0 fully saturated rings. The minimum atomic E-state index is -0.653. The van der Waals surface area contributed by atoms with Crippen molar-refractivity contribution in [3.63, 3.8) is 0 Å². The highest BCUT2D eigenvalue weighted by Gasteiger charge is 2.33. The number of aromatic nitrogens is 1. The standard InChI is InChI=1S/C28H30N2O5S/c1-6-34-27(32)24-18(4)29-28-30(25(24)20-9-13-21(33-5)14-10-20)26(31)23(36-28)15-19-7-11-22(12-8-19)35-16-17(2)3/h7-15,17,25H,6,16H2,1-5H3/b23-15+/t25-/m0/s1. The molecule has 3 aromatic rings. The summed E-state index contributed by atoms with van der Waals surface area (Å²) < 4.78 is 18.5. The van der Waals surface area contributed by atoms with Gasteiger partial charge in [-0.3, -0.25) is 9.36 Å². The highest BCUT2D eigenvalue weighted by atomic mass is 32.1. The number of rotatable bonds is 8. The summed E-state index contributed by atoms with van der Waals surface area (Å²) in [6, 6.07) is 14.3. The first-order valence-corrected chi connectivity index (χ1v) is 12.7. The maximum Gasteiger partial charge on any atom is 0.338 e. The van der Waals surface area contributed by atoms with E-state index >= 15 is 0 Å². The number of esters is 1. The molecule has 0 saturated heterocycles. The number of nitrogens with zero attached hydrogens (tertiary/aromatic N) is 2. The molecule has 7 nitrogen and oxygen atoms in total. The average molecular weight is 507 g/mol. The van der Waals surface area contributed by atoms with Crippen LogP contribution in [0.1, 0.15) is 44.9 Å². The van der Waals surface area contributed by atoms with Gasteiger partial charge < -0.3 is 14.2 Å². The highest BCUT2D eigenvalue weighted by molar-refractivity contribution is 7.07. The third-order valence-corrected chi connectivity index (χ3v) is 6.69. The van der Waals surface area contributed by atoms with E-state index in [1.165, 1.54) is 11.3 Å². The van der Waals surface area contributed by atoms with Gasteiger partial charge in [-0.2, -0.15) is 0 Å². The molecule has 2 aromatic carbocycles. The molecule has 1 aliphatic heterocycles. The van der Waals surface area contributed by atoms with Crippen molar-refractivity contribution in [1.82, 2.24) is 4.57 Å². The fraction of sp³-hybridized carbons (Fsp3) is 0.321. The van der Waals surface area contributed by atoms with E-state index in [2.05, 4.69) is 18.8 Å². The molecule has 188 valence electrons. The molecule has 2 heterocycles. The number of hydrogen-bond acceptors (Lipinski definition) is 7. The Bertz CT molecular complexity index is 1450. The van der Waals surface area contributed by atoms with Crippen molar-refractivity contribution in [2.75, 3.05) is 20.3 Å². The van der Waals surface area contributed by atoms with Crippen molar-refractivity contribution in [2.24, 2.45) is 10.9 Å². The number of hydrogen-bond donors (Lipinski definition) is 0. The van der Waals surface area contributed by atoms with Crippen LogP contribution in [-0.2, 0) is 9.53 Å². The Morgan fingerprint density at radius 3 is 2.39 bits per heavy atom. The van der Waals surface area contributed by atoms with Crippen molar-refractivity contribution in [3.8, 4) is 11.5 Å². The number of allylic oxidation sites excluding steroid dienone is 1. The Morgan fingerprint density at radius 2 is 1.78 bits per heavy atom. The van der Waals surface area contributed by atoms with Gasteiger partial charge in [0, 0.05) is 0 Å². The number of ether oxygens (including phenoxy) is 3. The molecule has 8 heteroatoms. The molecule has 36 heavy (non-hydrogen) atoms. The fourth-order valence-electron chi connectivity index (χ4n) is 3.97. The van der Waals surface area contributed by atoms with Crippen LogP contribution in [0.2, 0.25) is 0 Å². The average Bonchev–Trinajstić information content (AvgIpc) is 3.17. The SMILES string of the molecule is CCOC(=O)C1=C(C)N=c2s/c(=C/c3ccc(OCC(C)C)cc3)c(=O)n2[C@H]1c1ccc(OC)cc1. The lowest BCUT2D eigenvalue weighted by atomic mass is 9.96. The van der Waals surface area contributed by atoms with Gasteiger partial charge in [0.25, 0.3) is 5.56 Å². The number of carbonyl (C=O) groups is 1. The van der Waals surface area contributed by atoms with E-state index < -0.39 is 12.0 Å². The Labute approximate surface area is 214 Å². The quantitative estimate of drug-likeness (QED) is 0.434. The summed E-state index contributed by atoms with van der Waals surface area (Å²) in [4.78, 5) is 31.8. The molecule has 0 unspecified atom stereocenters. The molecular formula is C28H30N2O5S. The first-order valence-electron chi connectivity index (χ1n) is 11.9. The van der Waals surface area contributed by atoms with Crippen molar-refractivity contribution < 1.29 is 19.0 Å². The number of fused-ring (bicyclic) bond motifs is 1. The molecule has 4 rings (SSSR count). The molecule has 0 aliphatic carbocycles. The molecule has 1 atom stereocenters. The molecule has 0 radical (unpaired) electrons. The van der Waals surface area contributed by atoms with Crippen LogP contribution >= 0.6 is 11.3 Å². The first kappa shape index (κ1) is 25.4. The third kappa shape index (κ3) is 5.28. The minimum absolute atomic E-state index is 0.214. The third-order valence-electron chi connectivity index (χ3n) is 5.71. The number of carbonyl (C=O) groups excluding carboxylic acids is 1. The van der Waals surface area contributed by atoms with Crippen LogP contribution in [0.5, 0.6) is 11.5 Å². The van der Waals surface area contributed by atoms with E-state index in [0.717, 1.165) is 16.9 Å². The van der Waals surface area contributed by atoms with Gasteiger partial charge >= 0.3 is 5.97 Å². The number of benzene rings is 2. The van der Waals surface area contributed by atoms with Gasteiger partial charge in [-0.1, -0.05) is 49.4 Å². The van der Waals surface area contributed by atoms with E-state index in [9.17, 15) is 9.59 Å². The zero-order valence-electron chi connectivity index (χ0n) is 21.1. The van der Waals surface area contributed by atoms with Crippen LogP contribution < -0.4 is 24.4 Å². The Morgan fingerprint density at radius 1 is 1.11 bits per heavy atom. The minimum Gasteiger partial charge on any atom is -0.497 e. The van der Waals surface area contributed by atoms with Gasteiger partial charge in [0.05, 0.1) is 42.2 Å². The predicted molar refractivity (Wildman–Crippen MR) is 140 cm³/mol. The maximum absolute atomic E-state index is 13.7. The number of methoxy groups -OCH3 is 1. The fourth-order valence-corrected chi connectivity index (χ4v) is 5.01. The van der Waals surface area contributed by atoms with Crippen LogP contribution in [0.15, 0.2) is 69.6 Å². The summed E-state index contributed by atoms with van der Waals surface area (Å²) >= 11 is 1.30. The van der Waals surface area contributed by atoms with Crippen LogP contribution in [0.25, 0.3) is 6.08 Å². The summed E-state index contributed by atoms with van der Waals surface area (Å²) in [5.41, 5.74) is 2.32. The van der Waals surface area contributed by atoms with Crippen LogP contribution in [0, 0.1) is 5.92 Å². The van der Waals surface area contributed by atoms with Crippen molar-refractivity contribution >= 4 is 23.4 Å². The molecule has 0 spiro atoms. The molecule has 1 aromatic heterocycles. The molecule has 0 amide bonds. The molecule has 0 N–H and O–H groups in total. The van der Waals surface area contributed by atoms with E-state index in [1.54, 1.807) is 25.5 Å². The zero-order valence-corrected chi connectivity index (χ0v) is 21.9. The lowest BCUT2D eigenvalue weighted by Crippen LogP contribution is -2.39. The van der Waals surface area contributed by atoms with Crippen LogP contribution in [-0.4, -0.2) is 30.9 Å². The van der Waals surface area contributed by atoms with Gasteiger partial charge in [0.1, 0.15) is 11.5 Å². The van der Waals surface area contributed by atoms with Gasteiger partial charge in [-0.25, -0.2) is 9.79 Å². The molecule has 0 saturated carbocycles. The van der Waals surface area contributed by atoms with Gasteiger partial charge in [0.15, 0.2) is 4.80 Å². The van der Waals surface area contributed by atoms with Crippen LogP contribution in [0.3, 0.4) is 0 Å². The first-order chi connectivity index (χ1) is 17.3. The zero-order chi connectivity index (χ0) is 25.8. The summed E-state index contributed by atoms with van der Waals surface area (Å²) in [7, 11) is 1.59. The monoisotopic (exact) mass is 506 g/mol. The second kappa shape index (κ2) is 11.0. The smallest absolute Gasteiger partial charge is 0.338 e. The van der Waals surface area contributed by atoms with Crippen molar-refractivity contribution in [3.05, 3.63) is 90.6 Å². The Kier molecular flexibility index (Phi) is 7.74. The van der Waals surface area contributed by atoms with Crippen molar-refractivity contribution in [2.45, 2.75) is 33.7 Å². The lowest BCUT2D eigenvalue weighted by molar-refractivity contribution is -0.139. The summed E-state index contributed by atoms with van der Waals surface area (Å²) in [6.45, 7) is 8.60. The van der Waals surface area contributed by atoms with E-state index in [-0.39, 0.29) is 12.2 Å². The van der Waals surface area contributed by atoms with Crippen LogP contribution in [0.4, 0.5) is 0 Å². The number of thiazole rings is 1. The van der Waals surface area contributed by atoms with E-state index in [1.807, 2.05) is 54.6 Å². The van der Waals surface area contributed by atoms with E-state index in [0.29, 0.717) is 38.9 Å². The Hall–Kier alpha value is -3.65. The summed E-state index contributed by atoms with van der Waals surface area (Å²) in [5.74, 6) is 1.43. The lowest BCUT2D eigenvalue weighted by Gasteiger charge is -2.24. The highest BCUT2D eigenvalue weighted by Crippen LogP contribution is 2.31. The normalized spacial score (nSPS) is 15.5. The predicted octanol–water partition coefficient (Wildman–Crippen LogP) is 3.84. The second-order valence-electron chi connectivity index (χ2n) is 8.85. The summed E-state index contributed by atoms with van der Waals surface area (Å²) in [6.07, 6.45) is 1.84. The van der Waals surface area contributed by atoms with Gasteiger partial charge in [-0.15, -0.1) is 0 Å². The summed E-state index contributed by atoms with van der Waals surface area (Å²) in [5, 5.41) is 0. The molecule has 0 bridgehead atoms. The van der Waals surface area contributed by atoms with Crippen molar-refractivity contribution in [1.29, 1.82) is 0 Å². The topological polar surface area (TPSA) is 79.1 Å². The maximum atomic E-state index is 13.7. The largest absolute Gasteiger partial charge is 0.497 e. The van der Waals surface area contributed by atoms with Gasteiger partial charge in [-0.05, 0) is 61.2 Å².